The van der Waals surface area contributed by atoms with Crippen LogP contribution in [0.3, 0.4) is 0 Å². The Hall–Kier alpha value is -3.78. The number of furan rings is 1. The highest BCUT2D eigenvalue weighted by molar-refractivity contribution is 6.09. The topological polar surface area (TPSA) is 99.0 Å². The molecule has 0 fully saturated rings. The third-order valence-electron chi connectivity index (χ3n) is 5.07. The van der Waals surface area contributed by atoms with Crippen LogP contribution < -0.4 is 20.1 Å². The van der Waals surface area contributed by atoms with Crippen molar-refractivity contribution >= 4 is 23.2 Å². The molecule has 0 bridgehead atoms. The normalized spacial score (nSPS) is 12.2. The van der Waals surface area contributed by atoms with Crippen molar-refractivity contribution in [1.29, 1.82) is 0 Å². The molecule has 1 aliphatic rings. The Kier molecular flexibility index (Phi) is 5.64. The second-order valence-electron chi connectivity index (χ2n) is 7.03. The predicted octanol–water partition coefficient (Wildman–Crippen LogP) is 4.14. The van der Waals surface area contributed by atoms with Gasteiger partial charge in [0, 0.05) is 11.3 Å². The van der Waals surface area contributed by atoms with E-state index in [4.69, 9.17) is 18.6 Å². The first-order valence-corrected chi connectivity index (χ1v) is 9.62. The Morgan fingerprint density at radius 1 is 0.935 bits per heavy atom. The van der Waals surface area contributed by atoms with Crippen molar-refractivity contribution in [2.75, 3.05) is 24.9 Å². The molecule has 2 heterocycles. The lowest BCUT2D eigenvalue weighted by atomic mass is 10.1. The lowest BCUT2D eigenvalue weighted by Crippen LogP contribution is -2.16. The third kappa shape index (κ3) is 4.10. The minimum atomic E-state index is -0.386. The molecule has 8 heteroatoms. The van der Waals surface area contributed by atoms with Gasteiger partial charge in [-0.05, 0) is 48.4 Å². The molecule has 0 radical (unpaired) electrons. The first kappa shape index (κ1) is 20.5. The van der Waals surface area contributed by atoms with Crippen molar-refractivity contribution in [3.8, 4) is 11.5 Å². The maximum Gasteiger partial charge on any atom is 0.259 e. The van der Waals surface area contributed by atoms with Crippen LogP contribution in [-0.2, 0) is 18.0 Å². The number of hydrogen-bond donors (Lipinski definition) is 2. The Balaban J connectivity index is 1.63. The number of benzene rings is 2. The summed E-state index contributed by atoms with van der Waals surface area (Å²) in [6.07, 6.45) is 1.44. The number of methoxy groups -OCH3 is 2. The van der Waals surface area contributed by atoms with E-state index in [2.05, 4.69) is 10.6 Å². The number of rotatable bonds is 6. The van der Waals surface area contributed by atoms with Crippen molar-refractivity contribution in [3.05, 3.63) is 70.7 Å². The molecule has 0 saturated heterocycles. The summed E-state index contributed by atoms with van der Waals surface area (Å²) in [4.78, 5) is 25.6. The van der Waals surface area contributed by atoms with Crippen molar-refractivity contribution in [1.82, 2.24) is 0 Å². The quantitative estimate of drug-likeness (QED) is 0.619. The van der Waals surface area contributed by atoms with E-state index < -0.39 is 0 Å². The number of nitrogens with one attached hydrogen (secondary N) is 2. The molecule has 0 aliphatic carbocycles. The number of fused-ring (bicyclic) bond motifs is 1. The largest absolute Gasteiger partial charge is 0.493 e. The molecule has 2 amide bonds. The standard InChI is InChI=1S/C23H22N2O6/c1-13-18(6-7-31-13)23(27)25-19-9-15(10-20(28-2)21(19)29-3)22(26)24-17-5-4-14-11-30-12-16(14)8-17/h4-10H,11-12H2,1-3H3,(H,24,26)(H,25,27). The van der Waals surface area contributed by atoms with Crippen molar-refractivity contribution < 1.29 is 28.2 Å². The first-order chi connectivity index (χ1) is 15.0. The molecule has 0 atom stereocenters. The van der Waals surface area contributed by atoms with E-state index in [9.17, 15) is 9.59 Å². The lowest BCUT2D eigenvalue weighted by Gasteiger charge is -2.16. The van der Waals surface area contributed by atoms with Gasteiger partial charge in [0.15, 0.2) is 11.5 Å². The number of aryl methyl sites for hydroxylation is 1. The zero-order valence-corrected chi connectivity index (χ0v) is 17.4. The molecule has 8 nitrogen and oxygen atoms in total. The smallest absolute Gasteiger partial charge is 0.259 e. The third-order valence-corrected chi connectivity index (χ3v) is 5.07. The van der Waals surface area contributed by atoms with E-state index in [1.54, 1.807) is 25.1 Å². The molecule has 31 heavy (non-hydrogen) atoms. The molecule has 1 aromatic heterocycles. The molecule has 0 spiro atoms. The van der Waals surface area contributed by atoms with Gasteiger partial charge in [-0.2, -0.15) is 0 Å². The van der Waals surface area contributed by atoms with Crippen molar-refractivity contribution in [2.24, 2.45) is 0 Å². The van der Waals surface area contributed by atoms with E-state index in [1.165, 1.54) is 20.5 Å². The summed E-state index contributed by atoms with van der Waals surface area (Å²) in [5, 5.41) is 5.65. The number of carbonyl (C=O) groups excluding carboxylic acids is 2. The molecule has 4 rings (SSSR count). The van der Waals surface area contributed by atoms with Crippen LogP contribution in [0, 0.1) is 6.92 Å². The molecular weight excluding hydrogens is 400 g/mol. The Morgan fingerprint density at radius 3 is 2.45 bits per heavy atom. The second-order valence-corrected chi connectivity index (χ2v) is 7.03. The monoisotopic (exact) mass is 422 g/mol. The maximum atomic E-state index is 12.9. The fourth-order valence-electron chi connectivity index (χ4n) is 3.45. The van der Waals surface area contributed by atoms with E-state index in [1.807, 2.05) is 18.2 Å². The van der Waals surface area contributed by atoms with Crippen molar-refractivity contribution in [3.63, 3.8) is 0 Å². The minimum absolute atomic E-state index is 0.300. The van der Waals surface area contributed by atoms with Crippen LogP contribution in [-0.4, -0.2) is 26.0 Å². The van der Waals surface area contributed by atoms with Gasteiger partial charge in [0.25, 0.3) is 11.8 Å². The maximum absolute atomic E-state index is 12.9. The van der Waals surface area contributed by atoms with E-state index in [0.29, 0.717) is 53.0 Å². The highest BCUT2D eigenvalue weighted by Gasteiger charge is 2.20. The van der Waals surface area contributed by atoms with Gasteiger partial charge in [-0.1, -0.05) is 6.07 Å². The zero-order chi connectivity index (χ0) is 22.0. The number of anilines is 2. The van der Waals surface area contributed by atoms with E-state index in [0.717, 1.165) is 11.1 Å². The van der Waals surface area contributed by atoms with Crippen LogP contribution in [0.2, 0.25) is 0 Å². The Bertz CT molecular complexity index is 1150. The molecule has 3 aromatic rings. The lowest BCUT2D eigenvalue weighted by molar-refractivity contribution is 0.101. The van der Waals surface area contributed by atoms with Gasteiger partial charge < -0.3 is 29.3 Å². The molecule has 1 aliphatic heterocycles. The zero-order valence-electron chi connectivity index (χ0n) is 17.4. The Labute approximate surface area is 179 Å². The fraction of sp³-hybridized carbons (Fsp3) is 0.217. The summed E-state index contributed by atoms with van der Waals surface area (Å²) in [7, 11) is 2.93. The fourth-order valence-corrected chi connectivity index (χ4v) is 3.45. The molecule has 2 N–H and O–H groups in total. The summed E-state index contributed by atoms with van der Waals surface area (Å²) < 4.78 is 21.4. The van der Waals surface area contributed by atoms with Gasteiger partial charge in [-0.15, -0.1) is 0 Å². The van der Waals surface area contributed by atoms with Gasteiger partial charge >= 0.3 is 0 Å². The van der Waals surface area contributed by atoms with Crippen molar-refractivity contribution in [2.45, 2.75) is 20.1 Å². The predicted molar refractivity (Wildman–Crippen MR) is 114 cm³/mol. The average Bonchev–Trinajstić information content (AvgIpc) is 3.41. The highest BCUT2D eigenvalue weighted by Crippen LogP contribution is 2.37. The van der Waals surface area contributed by atoms with Crippen LogP contribution in [0.25, 0.3) is 0 Å². The molecular formula is C23H22N2O6. The van der Waals surface area contributed by atoms with Gasteiger partial charge in [0.1, 0.15) is 5.76 Å². The number of hydrogen-bond acceptors (Lipinski definition) is 6. The minimum Gasteiger partial charge on any atom is -0.493 e. The van der Waals surface area contributed by atoms with Crippen LogP contribution in [0.4, 0.5) is 11.4 Å². The van der Waals surface area contributed by atoms with Gasteiger partial charge in [-0.3, -0.25) is 9.59 Å². The molecule has 2 aromatic carbocycles. The second kappa shape index (κ2) is 8.53. The van der Waals surface area contributed by atoms with E-state index in [-0.39, 0.29) is 11.8 Å². The first-order valence-electron chi connectivity index (χ1n) is 9.62. The average molecular weight is 422 g/mol. The van der Waals surface area contributed by atoms with Gasteiger partial charge in [0.2, 0.25) is 0 Å². The summed E-state index contributed by atoms with van der Waals surface area (Å²) in [6, 6.07) is 10.3. The molecule has 0 unspecified atom stereocenters. The number of amides is 2. The summed E-state index contributed by atoms with van der Waals surface area (Å²) >= 11 is 0. The number of carbonyl (C=O) groups is 2. The summed E-state index contributed by atoms with van der Waals surface area (Å²) in [5.41, 5.74) is 3.81. The molecule has 0 saturated carbocycles. The van der Waals surface area contributed by atoms with Gasteiger partial charge in [0.05, 0.1) is 44.9 Å². The van der Waals surface area contributed by atoms with Crippen LogP contribution in [0.1, 0.15) is 37.6 Å². The molecule has 160 valence electrons. The Morgan fingerprint density at radius 2 is 1.74 bits per heavy atom. The van der Waals surface area contributed by atoms with E-state index >= 15 is 0 Å². The van der Waals surface area contributed by atoms with Gasteiger partial charge in [-0.25, -0.2) is 0 Å². The van der Waals surface area contributed by atoms with Crippen LogP contribution in [0.15, 0.2) is 47.1 Å². The van der Waals surface area contributed by atoms with Crippen LogP contribution in [0.5, 0.6) is 11.5 Å². The summed E-state index contributed by atoms with van der Waals surface area (Å²) in [6.45, 7) is 2.80. The highest BCUT2D eigenvalue weighted by atomic mass is 16.5. The summed E-state index contributed by atoms with van der Waals surface area (Å²) in [5.74, 6) is 0.371. The number of ether oxygens (including phenoxy) is 3. The van der Waals surface area contributed by atoms with Crippen LogP contribution >= 0.6 is 0 Å². The SMILES string of the molecule is COc1cc(C(=O)Nc2ccc3c(c2)COC3)cc(NC(=O)c2ccoc2C)c1OC.